The Kier molecular flexibility index (Phi) is 4.75. The molecule has 0 amide bonds. The Morgan fingerprint density at radius 3 is 2.75 bits per heavy atom. The predicted molar refractivity (Wildman–Crippen MR) is 91.8 cm³/mol. The Bertz CT molecular complexity index is 550. The van der Waals surface area contributed by atoms with E-state index in [0.717, 1.165) is 19.1 Å². The molecule has 0 saturated heterocycles. The zero-order chi connectivity index (χ0) is 17.5. The van der Waals surface area contributed by atoms with Gasteiger partial charge < -0.3 is 5.11 Å². The summed E-state index contributed by atoms with van der Waals surface area (Å²) >= 11 is 0. The van der Waals surface area contributed by atoms with Crippen LogP contribution in [0.4, 0.5) is 0 Å². The van der Waals surface area contributed by atoms with Gasteiger partial charge in [0, 0.05) is 12.3 Å². The number of hydrogen-bond donors (Lipinski definition) is 1. The number of fused-ring (bicyclic) bond motifs is 1. The van der Waals surface area contributed by atoms with Crippen LogP contribution in [0.3, 0.4) is 0 Å². The van der Waals surface area contributed by atoms with Gasteiger partial charge >= 0.3 is 0 Å². The summed E-state index contributed by atoms with van der Waals surface area (Å²) in [4.78, 5) is 22.0. The second-order valence-electron chi connectivity index (χ2n) is 8.75. The molecule has 0 aromatic carbocycles. The molecular weight excluding hydrogens is 304 g/mol. The number of aldehydes is 1. The molecule has 4 heteroatoms. The zero-order valence-electron chi connectivity index (χ0n) is 15.1. The summed E-state index contributed by atoms with van der Waals surface area (Å²) in [5, 5.41) is 9.78. The van der Waals surface area contributed by atoms with Gasteiger partial charge in [-0.2, -0.15) is 0 Å². The van der Waals surface area contributed by atoms with Crippen molar-refractivity contribution in [3.8, 4) is 0 Å². The Hall–Kier alpha value is -0.970. The smallest absolute Gasteiger partial charge is 0.192 e. The Morgan fingerprint density at radius 2 is 2.04 bits per heavy atom. The molecule has 0 aromatic rings. The van der Waals surface area contributed by atoms with Crippen molar-refractivity contribution in [2.24, 2.45) is 22.7 Å². The molecule has 2 saturated carbocycles. The van der Waals surface area contributed by atoms with Gasteiger partial charge in [-0.25, -0.2) is 9.78 Å². The molecule has 0 aromatic heterocycles. The summed E-state index contributed by atoms with van der Waals surface area (Å²) in [6.07, 6.45) is 7.10. The van der Waals surface area contributed by atoms with E-state index in [1.54, 1.807) is 0 Å². The van der Waals surface area contributed by atoms with Crippen LogP contribution in [0.1, 0.15) is 59.3 Å². The SMILES string of the molecule is C=C1CC[C@H]2C(C)(C)CCCC2(C)[C@H]1C1C=C(C=O)CC(O)OO1. The fourth-order valence-corrected chi connectivity index (χ4v) is 5.73. The van der Waals surface area contributed by atoms with Gasteiger partial charge in [-0.3, -0.25) is 4.79 Å². The van der Waals surface area contributed by atoms with Crippen LogP contribution in [0.2, 0.25) is 0 Å². The number of rotatable bonds is 2. The van der Waals surface area contributed by atoms with E-state index in [9.17, 15) is 9.90 Å². The van der Waals surface area contributed by atoms with Gasteiger partial charge in [0.25, 0.3) is 0 Å². The van der Waals surface area contributed by atoms with Crippen LogP contribution in [0.15, 0.2) is 23.8 Å². The highest BCUT2D eigenvalue weighted by Gasteiger charge is 2.55. The van der Waals surface area contributed by atoms with Crippen LogP contribution in [0, 0.1) is 22.7 Å². The second-order valence-corrected chi connectivity index (χ2v) is 8.75. The average Bonchev–Trinajstić information content (AvgIpc) is 2.67. The van der Waals surface area contributed by atoms with Gasteiger partial charge in [0.1, 0.15) is 12.4 Å². The van der Waals surface area contributed by atoms with E-state index in [0.29, 0.717) is 16.9 Å². The van der Waals surface area contributed by atoms with Gasteiger partial charge in [0.05, 0.1) is 0 Å². The zero-order valence-corrected chi connectivity index (χ0v) is 15.1. The molecule has 3 unspecified atom stereocenters. The lowest BCUT2D eigenvalue weighted by Gasteiger charge is -2.58. The van der Waals surface area contributed by atoms with Gasteiger partial charge in [-0.05, 0) is 54.1 Å². The van der Waals surface area contributed by atoms with Crippen LogP contribution < -0.4 is 0 Å². The lowest BCUT2D eigenvalue weighted by atomic mass is 9.47. The van der Waals surface area contributed by atoms with Crippen molar-refractivity contribution in [3.05, 3.63) is 23.8 Å². The summed E-state index contributed by atoms with van der Waals surface area (Å²) in [5.74, 6) is 0.704. The molecule has 0 spiro atoms. The first-order chi connectivity index (χ1) is 11.3. The molecule has 3 aliphatic rings. The van der Waals surface area contributed by atoms with Crippen molar-refractivity contribution in [1.29, 1.82) is 0 Å². The quantitative estimate of drug-likeness (QED) is 0.472. The third kappa shape index (κ3) is 3.00. The molecule has 24 heavy (non-hydrogen) atoms. The third-order valence-corrected chi connectivity index (χ3v) is 6.73. The lowest BCUT2D eigenvalue weighted by Crippen LogP contribution is -2.52. The molecular formula is C20H30O4. The first-order valence-corrected chi connectivity index (χ1v) is 9.11. The van der Waals surface area contributed by atoms with E-state index in [2.05, 4.69) is 27.4 Å². The largest absolute Gasteiger partial charge is 0.365 e. The summed E-state index contributed by atoms with van der Waals surface area (Å²) in [6.45, 7) is 11.4. The summed E-state index contributed by atoms with van der Waals surface area (Å²) in [5.41, 5.74) is 2.09. The van der Waals surface area contributed by atoms with Crippen LogP contribution in [0.5, 0.6) is 0 Å². The second kappa shape index (κ2) is 6.40. The van der Waals surface area contributed by atoms with Crippen molar-refractivity contribution in [3.63, 3.8) is 0 Å². The first-order valence-electron chi connectivity index (χ1n) is 9.11. The van der Waals surface area contributed by atoms with Gasteiger partial charge in [-0.1, -0.05) is 39.3 Å². The minimum atomic E-state index is -1.09. The molecule has 0 radical (unpaired) electrons. The Labute approximate surface area is 144 Å². The van der Waals surface area contributed by atoms with Gasteiger partial charge in [-0.15, -0.1) is 0 Å². The van der Waals surface area contributed by atoms with E-state index < -0.39 is 6.29 Å². The number of carbonyl (C=O) groups is 1. The van der Waals surface area contributed by atoms with E-state index in [1.807, 2.05) is 6.08 Å². The summed E-state index contributed by atoms with van der Waals surface area (Å²) < 4.78 is 0. The van der Waals surface area contributed by atoms with Crippen LogP contribution in [0.25, 0.3) is 0 Å². The Morgan fingerprint density at radius 1 is 1.29 bits per heavy atom. The maximum absolute atomic E-state index is 11.3. The van der Waals surface area contributed by atoms with E-state index in [-0.39, 0.29) is 23.9 Å². The van der Waals surface area contributed by atoms with Crippen molar-refractivity contribution in [2.75, 3.05) is 0 Å². The minimum Gasteiger partial charge on any atom is -0.365 e. The molecule has 3 rings (SSSR count). The lowest BCUT2D eigenvalue weighted by molar-refractivity contribution is -0.389. The fraction of sp³-hybridized carbons (Fsp3) is 0.750. The molecule has 5 atom stereocenters. The topological polar surface area (TPSA) is 55.8 Å². The van der Waals surface area contributed by atoms with E-state index >= 15 is 0 Å². The first kappa shape index (κ1) is 17.8. The van der Waals surface area contributed by atoms with Crippen molar-refractivity contribution < 1.29 is 19.7 Å². The van der Waals surface area contributed by atoms with Crippen molar-refractivity contribution in [2.45, 2.75) is 71.7 Å². The monoisotopic (exact) mass is 334 g/mol. The molecule has 134 valence electrons. The molecule has 1 aliphatic heterocycles. The third-order valence-electron chi connectivity index (χ3n) is 6.73. The van der Waals surface area contributed by atoms with Gasteiger partial charge in [0.2, 0.25) is 0 Å². The molecule has 1 N–H and O–H groups in total. The van der Waals surface area contributed by atoms with Crippen LogP contribution in [-0.2, 0) is 14.6 Å². The maximum Gasteiger partial charge on any atom is 0.192 e. The maximum atomic E-state index is 11.3. The van der Waals surface area contributed by atoms with E-state index in [4.69, 9.17) is 9.78 Å². The molecule has 4 nitrogen and oxygen atoms in total. The number of aliphatic hydroxyl groups excluding tert-OH is 1. The standard InChI is InChI=1S/C20H30O4/c1-13-6-7-16-19(2,3)8-5-9-20(16,4)18(13)15-10-14(12-21)11-17(22)24-23-15/h10,12,15-18,22H,1,5-9,11H2,2-4H3/t15?,16-,17?,18+,20?/m0/s1. The summed E-state index contributed by atoms with van der Waals surface area (Å²) in [7, 11) is 0. The highest BCUT2D eigenvalue weighted by molar-refractivity contribution is 5.73. The average molecular weight is 334 g/mol. The molecule has 2 aliphatic carbocycles. The Balaban J connectivity index is 1.97. The summed E-state index contributed by atoms with van der Waals surface area (Å²) in [6, 6.07) is 0. The highest BCUT2D eigenvalue weighted by atomic mass is 17.2. The molecule has 0 bridgehead atoms. The highest BCUT2D eigenvalue weighted by Crippen LogP contribution is 2.62. The van der Waals surface area contributed by atoms with Crippen molar-refractivity contribution >= 4 is 6.29 Å². The van der Waals surface area contributed by atoms with Crippen molar-refractivity contribution in [1.82, 2.24) is 0 Å². The molecule has 2 fully saturated rings. The normalized spacial score (nSPS) is 42.7. The van der Waals surface area contributed by atoms with Gasteiger partial charge in [0.15, 0.2) is 6.29 Å². The predicted octanol–water partition coefficient (Wildman–Crippen LogP) is 3.95. The molecule has 1 heterocycles. The van der Waals surface area contributed by atoms with Crippen LogP contribution in [-0.4, -0.2) is 23.8 Å². The number of aliphatic hydroxyl groups is 1. The van der Waals surface area contributed by atoms with Crippen LogP contribution >= 0.6 is 0 Å². The minimum absolute atomic E-state index is 0.0743. The fourth-order valence-electron chi connectivity index (χ4n) is 5.73. The van der Waals surface area contributed by atoms with E-state index in [1.165, 1.54) is 24.8 Å². The number of carbonyl (C=O) groups excluding carboxylic acids is 1. The number of hydrogen-bond acceptors (Lipinski definition) is 4.